The molecule has 1 atom stereocenters. The fraction of sp³-hybridized carbons (Fsp3) is 0.333. The van der Waals surface area contributed by atoms with Gasteiger partial charge in [-0.3, -0.25) is 4.79 Å². The van der Waals surface area contributed by atoms with Gasteiger partial charge in [-0.05, 0) is 54.8 Å². The van der Waals surface area contributed by atoms with E-state index in [0.29, 0.717) is 18.6 Å². The Morgan fingerprint density at radius 2 is 1.71 bits per heavy atom. The van der Waals surface area contributed by atoms with E-state index in [0.717, 1.165) is 22.6 Å². The minimum Gasteiger partial charge on any atom is -0.497 e. The van der Waals surface area contributed by atoms with Crippen LogP contribution in [0.5, 0.6) is 17.2 Å². The molecule has 2 N–H and O–H groups in total. The van der Waals surface area contributed by atoms with Crippen molar-refractivity contribution in [1.29, 1.82) is 0 Å². The zero-order chi connectivity index (χ0) is 20.5. The van der Waals surface area contributed by atoms with Gasteiger partial charge in [-0.1, -0.05) is 12.1 Å². The Hall–Kier alpha value is -3.22. The molecular formula is C21H25NO6. The van der Waals surface area contributed by atoms with E-state index in [-0.39, 0.29) is 18.6 Å². The van der Waals surface area contributed by atoms with Crippen LogP contribution in [-0.4, -0.2) is 37.8 Å². The largest absolute Gasteiger partial charge is 0.497 e. The summed E-state index contributed by atoms with van der Waals surface area (Å²) in [5.74, 6) is 0.795. The number of carbonyl (C=O) groups excluding carboxylic acids is 1. The summed E-state index contributed by atoms with van der Waals surface area (Å²) < 4.78 is 15.7. The molecule has 0 aliphatic heterocycles. The molecule has 7 nitrogen and oxygen atoms in total. The van der Waals surface area contributed by atoms with Crippen molar-refractivity contribution in [2.24, 2.45) is 0 Å². The third-order valence-corrected chi connectivity index (χ3v) is 4.23. The first-order chi connectivity index (χ1) is 13.4. The predicted octanol–water partition coefficient (Wildman–Crippen LogP) is 2.98. The number of amides is 1. The summed E-state index contributed by atoms with van der Waals surface area (Å²) >= 11 is 0. The quantitative estimate of drug-likeness (QED) is 0.651. The third kappa shape index (κ3) is 6.19. The topological polar surface area (TPSA) is 94.1 Å². The summed E-state index contributed by atoms with van der Waals surface area (Å²) in [5, 5.41) is 11.6. The number of carboxylic acid groups (broad SMARTS) is 1. The molecule has 0 radical (unpaired) electrons. The van der Waals surface area contributed by atoms with Crippen LogP contribution in [0.15, 0.2) is 42.5 Å². The average molecular weight is 387 g/mol. The molecule has 2 aromatic rings. The second-order valence-corrected chi connectivity index (χ2v) is 6.22. The number of ether oxygens (including phenoxy) is 3. The molecular weight excluding hydrogens is 362 g/mol. The lowest BCUT2D eigenvalue weighted by Crippen LogP contribution is -2.26. The number of methoxy groups -OCH3 is 2. The Morgan fingerprint density at radius 3 is 2.32 bits per heavy atom. The van der Waals surface area contributed by atoms with Gasteiger partial charge in [0.25, 0.3) is 0 Å². The van der Waals surface area contributed by atoms with Crippen molar-refractivity contribution in [3.63, 3.8) is 0 Å². The second-order valence-electron chi connectivity index (χ2n) is 6.22. The summed E-state index contributed by atoms with van der Waals surface area (Å²) in [6, 6.07) is 12.3. The van der Waals surface area contributed by atoms with E-state index < -0.39 is 5.97 Å². The molecule has 0 aromatic heterocycles. The van der Waals surface area contributed by atoms with Gasteiger partial charge >= 0.3 is 5.97 Å². The number of hydrogen-bond donors (Lipinski definition) is 2. The lowest BCUT2D eigenvalue weighted by molar-refractivity contribution is -0.139. The fourth-order valence-corrected chi connectivity index (χ4v) is 2.72. The van der Waals surface area contributed by atoms with E-state index in [1.54, 1.807) is 38.5 Å². The van der Waals surface area contributed by atoms with Gasteiger partial charge in [-0.2, -0.15) is 0 Å². The van der Waals surface area contributed by atoms with Crippen molar-refractivity contribution in [2.75, 3.05) is 20.8 Å². The lowest BCUT2D eigenvalue weighted by atomic mass is 10.1. The number of nitrogens with one attached hydrogen (secondary N) is 1. The van der Waals surface area contributed by atoms with Crippen LogP contribution < -0.4 is 19.5 Å². The van der Waals surface area contributed by atoms with Crippen molar-refractivity contribution < 1.29 is 28.9 Å². The van der Waals surface area contributed by atoms with Crippen LogP contribution in [0.25, 0.3) is 0 Å². The number of benzene rings is 2. The number of carboxylic acids is 1. The Morgan fingerprint density at radius 1 is 1.04 bits per heavy atom. The van der Waals surface area contributed by atoms with Crippen LogP contribution in [-0.2, 0) is 16.0 Å². The van der Waals surface area contributed by atoms with E-state index in [1.807, 2.05) is 25.1 Å². The monoisotopic (exact) mass is 387 g/mol. The highest BCUT2D eigenvalue weighted by Crippen LogP contribution is 2.25. The molecule has 0 fully saturated rings. The second kappa shape index (κ2) is 10.2. The minimum atomic E-state index is -1.03. The smallest absolute Gasteiger partial charge is 0.341 e. The Balaban J connectivity index is 1.89. The summed E-state index contributed by atoms with van der Waals surface area (Å²) in [7, 11) is 3.19. The van der Waals surface area contributed by atoms with Gasteiger partial charge in [0, 0.05) is 6.42 Å². The highest BCUT2D eigenvalue weighted by atomic mass is 16.5. The minimum absolute atomic E-state index is 0.0800. The molecule has 7 heteroatoms. The molecule has 2 aromatic carbocycles. The van der Waals surface area contributed by atoms with Gasteiger partial charge in [0.1, 0.15) is 17.2 Å². The molecule has 2 rings (SSSR count). The van der Waals surface area contributed by atoms with Crippen LogP contribution in [0.1, 0.15) is 30.5 Å². The number of aryl methyl sites for hydroxylation is 1. The summed E-state index contributed by atoms with van der Waals surface area (Å²) in [5.41, 5.74) is 1.81. The van der Waals surface area contributed by atoms with Crippen molar-refractivity contribution in [3.8, 4) is 17.2 Å². The van der Waals surface area contributed by atoms with Gasteiger partial charge in [-0.15, -0.1) is 0 Å². The van der Waals surface area contributed by atoms with Crippen molar-refractivity contribution in [2.45, 2.75) is 25.8 Å². The first-order valence-electron chi connectivity index (χ1n) is 8.87. The molecule has 150 valence electrons. The standard InChI is InChI=1S/C21H25NO6/c1-14(15-4-7-17(8-5-15)28-13-21(24)25)22-20(23)11-6-16-12-18(26-2)9-10-19(16)27-3/h4-5,7-10,12,14H,6,11,13H2,1-3H3,(H,22,23)(H,24,25). The van der Waals surface area contributed by atoms with E-state index in [4.69, 9.17) is 19.3 Å². The Labute approximate surface area is 164 Å². The zero-order valence-electron chi connectivity index (χ0n) is 16.2. The molecule has 1 amide bonds. The van der Waals surface area contributed by atoms with Crippen LogP contribution in [0, 0.1) is 0 Å². The van der Waals surface area contributed by atoms with E-state index in [1.165, 1.54) is 0 Å². The maximum Gasteiger partial charge on any atom is 0.341 e. The van der Waals surface area contributed by atoms with Crippen LogP contribution in [0.4, 0.5) is 0 Å². The van der Waals surface area contributed by atoms with Gasteiger partial charge < -0.3 is 24.6 Å². The number of rotatable bonds is 10. The third-order valence-electron chi connectivity index (χ3n) is 4.23. The molecule has 0 heterocycles. The lowest BCUT2D eigenvalue weighted by Gasteiger charge is -2.15. The zero-order valence-corrected chi connectivity index (χ0v) is 16.2. The number of carbonyl (C=O) groups is 2. The first-order valence-corrected chi connectivity index (χ1v) is 8.87. The van der Waals surface area contributed by atoms with Crippen LogP contribution >= 0.6 is 0 Å². The van der Waals surface area contributed by atoms with Crippen molar-refractivity contribution in [3.05, 3.63) is 53.6 Å². The van der Waals surface area contributed by atoms with Crippen molar-refractivity contribution in [1.82, 2.24) is 5.32 Å². The average Bonchev–Trinajstić information content (AvgIpc) is 2.70. The summed E-state index contributed by atoms with van der Waals surface area (Å²) in [4.78, 5) is 22.8. The normalized spacial score (nSPS) is 11.4. The molecule has 0 aliphatic rings. The van der Waals surface area contributed by atoms with E-state index in [2.05, 4.69) is 5.32 Å². The van der Waals surface area contributed by atoms with E-state index in [9.17, 15) is 9.59 Å². The molecule has 1 unspecified atom stereocenters. The van der Waals surface area contributed by atoms with Gasteiger partial charge in [0.05, 0.1) is 20.3 Å². The van der Waals surface area contributed by atoms with Gasteiger partial charge in [0.2, 0.25) is 5.91 Å². The number of hydrogen-bond acceptors (Lipinski definition) is 5. The maximum absolute atomic E-state index is 12.3. The van der Waals surface area contributed by atoms with Crippen LogP contribution in [0.3, 0.4) is 0 Å². The Bertz CT molecular complexity index is 803. The Kier molecular flexibility index (Phi) is 7.68. The molecule has 0 bridgehead atoms. The SMILES string of the molecule is COc1ccc(OC)c(CCC(=O)NC(C)c2ccc(OCC(=O)O)cc2)c1. The van der Waals surface area contributed by atoms with Gasteiger partial charge in [-0.25, -0.2) is 4.79 Å². The molecule has 0 saturated carbocycles. The van der Waals surface area contributed by atoms with Crippen molar-refractivity contribution >= 4 is 11.9 Å². The number of aliphatic carboxylic acids is 1. The molecule has 0 spiro atoms. The molecule has 0 saturated heterocycles. The summed E-state index contributed by atoms with van der Waals surface area (Å²) in [6.07, 6.45) is 0.842. The highest BCUT2D eigenvalue weighted by Gasteiger charge is 2.12. The predicted molar refractivity (Wildman–Crippen MR) is 104 cm³/mol. The molecule has 0 aliphatic carbocycles. The fourth-order valence-electron chi connectivity index (χ4n) is 2.72. The van der Waals surface area contributed by atoms with E-state index >= 15 is 0 Å². The summed E-state index contributed by atoms with van der Waals surface area (Å²) in [6.45, 7) is 1.50. The highest BCUT2D eigenvalue weighted by molar-refractivity contribution is 5.76. The van der Waals surface area contributed by atoms with Gasteiger partial charge in [0.15, 0.2) is 6.61 Å². The van der Waals surface area contributed by atoms with Crippen LogP contribution in [0.2, 0.25) is 0 Å². The maximum atomic E-state index is 12.3. The first kappa shape index (κ1) is 21.1. The molecule has 28 heavy (non-hydrogen) atoms.